The van der Waals surface area contributed by atoms with Gasteiger partial charge in [-0.15, -0.1) is 0 Å². The van der Waals surface area contributed by atoms with E-state index in [4.69, 9.17) is 0 Å². The van der Waals surface area contributed by atoms with Crippen molar-refractivity contribution in [2.75, 3.05) is 26.4 Å². The van der Waals surface area contributed by atoms with Crippen LogP contribution in [0.1, 0.15) is 5.56 Å². The van der Waals surface area contributed by atoms with Crippen LogP contribution >= 0.6 is 0 Å². The van der Waals surface area contributed by atoms with Gasteiger partial charge in [0, 0.05) is 25.7 Å². The molecule has 2 N–H and O–H groups in total. The van der Waals surface area contributed by atoms with E-state index in [-0.39, 0.29) is 6.73 Å². The number of hydrogen-bond donors (Lipinski definition) is 2. The molecular weight excluding hydrogens is 188 g/mol. The van der Waals surface area contributed by atoms with Crippen LogP contribution in [0.4, 0.5) is 0 Å². The van der Waals surface area contributed by atoms with Crippen molar-refractivity contribution < 1.29 is 5.11 Å². The van der Waals surface area contributed by atoms with Crippen molar-refractivity contribution in [3.63, 3.8) is 0 Å². The van der Waals surface area contributed by atoms with Crippen LogP contribution < -0.4 is 5.32 Å². The maximum Gasteiger partial charge on any atom is 0.0959 e. The second-order valence-corrected chi connectivity index (χ2v) is 4.00. The molecule has 1 aromatic carbocycles. The molecule has 3 nitrogen and oxygen atoms in total. The minimum atomic E-state index is 0.166. The van der Waals surface area contributed by atoms with Gasteiger partial charge >= 0.3 is 0 Å². The zero-order valence-corrected chi connectivity index (χ0v) is 8.89. The molecule has 1 unspecified atom stereocenters. The summed E-state index contributed by atoms with van der Waals surface area (Å²) in [5, 5.41) is 12.6. The summed E-state index contributed by atoms with van der Waals surface area (Å²) in [6.45, 7) is 3.05. The Morgan fingerprint density at radius 1 is 1.33 bits per heavy atom. The molecule has 2 rings (SSSR count). The van der Waals surface area contributed by atoms with Gasteiger partial charge in [0.2, 0.25) is 0 Å². The van der Waals surface area contributed by atoms with E-state index in [1.807, 2.05) is 6.07 Å². The minimum absolute atomic E-state index is 0.166. The van der Waals surface area contributed by atoms with Crippen LogP contribution in [0, 0.1) is 0 Å². The molecule has 0 amide bonds. The lowest BCUT2D eigenvalue weighted by molar-refractivity contribution is 0.0520. The fourth-order valence-electron chi connectivity index (χ4n) is 2.08. The van der Waals surface area contributed by atoms with Crippen molar-refractivity contribution in [3.8, 4) is 0 Å². The highest BCUT2D eigenvalue weighted by atomic mass is 16.3. The third kappa shape index (κ3) is 2.78. The van der Waals surface area contributed by atoms with Crippen molar-refractivity contribution >= 4 is 0 Å². The van der Waals surface area contributed by atoms with Crippen LogP contribution in [0.2, 0.25) is 0 Å². The fraction of sp³-hybridized carbons (Fsp3) is 0.500. The minimum Gasteiger partial charge on any atom is -0.381 e. The fourth-order valence-corrected chi connectivity index (χ4v) is 2.08. The first-order chi connectivity index (χ1) is 7.40. The van der Waals surface area contributed by atoms with Gasteiger partial charge < -0.3 is 10.4 Å². The number of aliphatic hydroxyl groups is 1. The van der Waals surface area contributed by atoms with E-state index in [1.54, 1.807) is 0 Å². The highest BCUT2D eigenvalue weighted by molar-refractivity contribution is 5.16. The van der Waals surface area contributed by atoms with Crippen molar-refractivity contribution in [2.24, 2.45) is 0 Å². The Bertz CT molecular complexity index is 289. The Labute approximate surface area is 90.7 Å². The normalized spacial score (nSPS) is 22.9. The number of nitrogens with one attached hydrogen (secondary N) is 1. The smallest absolute Gasteiger partial charge is 0.0959 e. The van der Waals surface area contributed by atoms with Gasteiger partial charge in [-0.05, 0) is 12.0 Å². The average Bonchev–Trinajstić information content (AvgIpc) is 2.31. The topological polar surface area (TPSA) is 35.5 Å². The molecule has 0 bridgehead atoms. The van der Waals surface area contributed by atoms with E-state index >= 15 is 0 Å². The van der Waals surface area contributed by atoms with E-state index in [1.165, 1.54) is 5.56 Å². The molecule has 1 fully saturated rings. The van der Waals surface area contributed by atoms with Gasteiger partial charge in [0.1, 0.15) is 0 Å². The second-order valence-electron chi connectivity index (χ2n) is 4.00. The van der Waals surface area contributed by atoms with Crippen molar-refractivity contribution in [1.29, 1.82) is 0 Å². The van der Waals surface area contributed by atoms with Crippen LogP contribution in [-0.2, 0) is 6.42 Å². The van der Waals surface area contributed by atoms with Gasteiger partial charge in [0.15, 0.2) is 0 Å². The highest BCUT2D eigenvalue weighted by Crippen LogP contribution is 2.09. The van der Waals surface area contributed by atoms with Crippen LogP contribution in [0.15, 0.2) is 30.3 Å². The maximum absolute atomic E-state index is 9.24. The Morgan fingerprint density at radius 3 is 2.87 bits per heavy atom. The number of piperazine rings is 1. The van der Waals surface area contributed by atoms with E-state index in [2.05, 4.69) is 34.5 Å². The summed E-state index contributed by atoms with van der Waals surface area (Å²) in [5.74, 6) is 0. The number of hydrogen-bond acceptors (Lipinski definition) is 3. The first-order valence-electron chi connectivity index (χ1n) is 5.49. The summed E-state index contributed by atoms with van der Waals surface area (Å²) in [7, 11) is 0. The molecule has 82 valence electrons. The summed E-state index contributed by atoms with van der Waals surface area (Å²) >= 11 is 0. The number of aliphatic hydroxyl groups excluding tert-OH is 1. The Hall–Kier alpha value is -0.900. The van der Waals surface area contributed by atoms with Crippen LogP contribution in [0.25, 0.3) is 0 Å². The van der Waals surface area contributed by atoms with E-state index in [9.17, 15) is 5.11 Å². The molecular formula is C12H18N2O. The van der Waals surface area contributed by atoms with Gasteiger partial charge in [-0.2, -0.15) is 0 Å². The Balaban J connectivity index is 1.97. The molecule has 1 atom stereocenters. The molecule has 1 aliphatic rings. The number of rotatable bonds is 3. The summed E-state index contributed by atoms with van der Waals surface area (Å²) in [6, 6.07) is 10.9. The average molecular weight is 206 g/mol. The Morgan fingerprint density at radius 2 is 2.13 bits per heavy atom. The highest BCUT2D eigenvalue weighted by Gasteiger charge is 2.20. The van der Waals surface area contributed by atoms with Gasteiger partial charge in [0.25, 0.3) is 0 Å². The first-order valence-corrected chi connectivity index (χ1v) is 5.49. The molecule has 3 heteroatoms. The third-order valence-electron chi connectivity index (χ3n) is 2.97. The zero-order valence-electron chi connectivity index (χ0n) is 8.89. The molecule has 0 radical (unpaired) electrons. The number of benzene rings is 1. The molecule has 0 saturated carbocycles. The summed E-state index contributed by atoms with van der Waals surface area (Å²) in [6.07, 6.45) is 1.01. The lowest BCUT2D eigenvalue weighted by atomic mass is 10.0. The molecule has 1 aromatic rings. The van der Waals surface area contributed by atoms with E-state index in [0.29, 0.717) is 6.04 Å². The standard InChI is InChI=1S/C12H18N2O/c15-10-14-7-6-13-9-12(14)8-11-4-2-1-3-5-11/h1-5,12-13,15H,6-10H2. The zero-order chi connectivity index (χ0) is 10.5. The molecule has 0 aliphatic carbocycles. The van der Waals surface area contributed by atoms with Gasteiger partial charge in [-0.3, -0.25) is 4.90 Å². The van der Waals surface area contributed by atoms with Gasteiger partial charge in [-0.25, -0.2) is 0 Å². The maximum atomic E-state index is 9.24. The quantitative estimate of drug-likeness (QED) is 0.754. The van der Waals surface area contributed by atoms with Crippen molar-refractivity contribution in [1.82, 2.24) is 10.2 Å². The lowest BCUT2D eigenvalue weighted by Gasteiger charge is -2.34. The molecule has 1 saturated heterocycles. The predicted octanol–water partition coefficient (Wildman–Crippen LogP) is 0.453. The number of nitrogens with zero attached hydrogens (tertiary/aromatic N) is 1. The van der Waals surface area contributed by atoms with Crippen molar-refractivity contribution in [3.05, 3.63) is 35.9 Å². The third-order valence-corrected chi connectivity index (χ3v) is 2.97. The van der Waals surface area contributed by atoms with Gasteiger partial charge in [0.05, 0.1) is 6.73 Å². The lowest BCUT2D eigenvalue weighted by Crippen LogP contribution is -2.52. The SMILES string of the molecule is OCN1CCNCC1Cc1ccccc1. The second kappa shape index (κ2) is 5.26. The largest absolute Gasteiger partial charge is 0.381 e. The summed E-state index contributed by atoms with van der Waals surface area (Å²) in [5.41, 5.74) is 1.34. The summed E-state index contributed by atoms with van der Waals surface area (Å²) < 4.78 is 0. The van der Waals surface area contributed by atoms with Crippen LogP contribution in [-0.4, -0.2) is 42.4 Å². The molecule has 1 aliphatic heterocycles. The van der Waals surface area contributed by atoms with Crippen LogP contribution in [0.3, 0.4) is 0 Å². The summed E-state index contributed by atoms with van der Waals surface area (Å²) in [4.78, 5) is 2.13. The van der Waals surface area contributed by atoms with Crippen LogP contribution in [0.5, 0.6) is 0 Å². The first kappa shape index (κ1) is 10.6. The Kier molecular flexibility index (Phi) is 3.72. The molecule has 0 aromatic heterocycles. The van der Waals surface area contributed by atoms with Gasteiger partial charge in [-0.1, -0.05) is 30.3 Å². The molecule has 1 heterocycles. The van der Waals surface area contributed by atoms with E-state index < -0.39 is 0 Å². The molecule has 0 spiro atoms. The van der Waals surface area contributed by atoms with Crippen molar-refractivity contribution in [2.45, 2.75) is 12.5 Å². The molecule has 15 heavy (non-hydrogen) atoms. The van der Waals surface area contributed by atoms with E-state index in [0.717, 1.165) is 26.1 Å². The monoisotopic (exact) mass is 206 g/mol. The predicted molar refractivity (Wildman–Crippen MR) is 60.6 cm³/mol.